The van der Waals surface area contributed by atoms with Crippen molar-refractivity contribution < 1.29 is 14.3 Å². The molecule has 0 saturated carbocycles. The molecule has 2 N–H and O–H groups in total. The Hall–Kier alpha value is -2.30. The van der Waals surface area contributed by atoms with Gasteiger partial charge in [0.25, 0.3) is 5.91 Å². The Kier molecular flexibility index (Phi) is 3.85. The highest BCUT2D eigenvalue weighted by molar-refractivity contribution is 5.99. The van der Waals surface area contributed by atoms with Crippen molar-refractivity contribution in [2.75, 3.05) is 7.11 Å². The number of carbonyl (C=O) groups excluding carboxylic acids is 2. The summed E-state index contributed by atoms with van der Waals surface area (Å²) in [6.07, 6.45) is 2.31. The number of nitrogens with one attached hydrogen (secondary N) is 2. The van der Waals surface area contributed by atoms with Gasteiger partial charge in [-0.1, -0.05) is 6.92 Å². The van der Waals surface area contributed by atoms with Crippen LogP contribution in [0.5, 0.6) is 0 Å². The molecular weight excluding hydrogens is 244 g/mol. The molecule has 1 amide bonds. The molecule has 2 aromatic rings. The SMILES string of the molecule is CCC(NC(=O)c1ccc2[nH]ccc2c1)C(=O)OC. The summed E-state index contributed by atoms with van der Waals surface area (Å²) in [6.45, 7) is 1.82. The second-order valence-electron chi connectivity index (χ2n) is 4.24. The van der Waals surface area contributed by atoms with E-state index in [1.54, 1.807) is 12.1 Å². The zero-order valence-electron chi connectivity index (χ0n) is 10.9. The molecule has 0 saturated heterocycles. The Balaban J connectivity index is 2.16. The molecule has 5 nitrogen and oxygen atoms in total. The molecule has 100 valence electrons. The van der Waals surface area contributed by atoms with Crippen LogP contribution in [0.3, 0.4) is 0 Å². The molecule has 1 heterocycles. The highest BCUT2D eigenvalue weighted by Crippen LogP contribution is 2.14. The number of ether oxygens (including phenoxy) is 1. The van der Waals surface area contributed by atoms with Crippen molar-refractivity contribution in [3.05, 3.63) is 36.0 Å². The van der Waals surface area contributed by atoms with Crippen molar-refractivity contribution in [1.82, 2.24) is 10.3 Å². The molecule has 0 spiro atoms. The lowest BCUT2D eigenvalue weighted by Gasteiger charge is -2.14. The number of benzene rings is 1. The summed E-state index contributed by atoms with van der Waals surface area (Å²) in [5.74, 6) is -0.709. The van der Waals surface area contributed by atoms with Crippen LogP contribution in [0, 0.1) is 0 Å². The third-order valence-corrected chi connectivity index (χ3v) is 3.01. The maximum atomic E-state index is 12.1. The summed E-state index contributed by atoms with van der Waals surface area (Å²) in [4.78, 5) is 26.6. The molecule has 0 aliphatic carbocycles. The fourth-order valence-corrected chi connectivity index (χ4v) is 1.91. The van der Waals surface area contributed by atoms with Crippen LogP contribution in [0.2, 0.25) is 0 Å². The van der Waals surface area contributed by atoms with E-state index in [-0.39, 0.29) is 5.91 Å². The van der Waals surface area contributed by atoms with Gasteiger partial charge >= 0.3 is 5.97 Å². The number of esters is 1. The molecule has 19 heavy (non-hydrogen) atoms. The van der Waals surface area contributed by atoms with Gasteiger partial charge in [-0.2, -0.15) is 0 Å². The quantitative estimate of drug-likeness (QED) is 0.824. The van der Waals surface area contributed by atoms with Gasteiger partial charge in [0.15, 0.2) is 0 Å². The van der Waals surface area contributed by atoms with E-state index in [9.17, 15) is 9.59 Å². The first-order valence-electron chi connectivity index (χ1n) is 6.11. The number of hydrogen-bond donors (Lipinski definition) is 2. The first-order valence-corrected chi connectivity index (χ1v) is 6.11. The molecule has 2 rings (SSSR count). The van der Waals surface area contributed by atoms with Crippen molar-refractivity contribution in [2.24, 2.45) is 0 Å². The van der Waals surface area contributed by atoms with Crippen LogP contribution in [0.1, 0.15) is 23.7 Å². The Morgan fingerprint density at radius 1 is 1.37 bits per heavy atom. The van der Waals surface area contributed by atoms with E-state index >= 15 is 0 Å². The summed E-state index contributed by atoms with van der Waals surface area (Å²) >= 11 is 0. The summed E-state index contributed by atoms with van der Waals surface area (Å²) in [7, 11) is 1.31. The Bertz CT molecular complexity index is 604. The highest BCUT2D eigenvalue weighted by atomic mass is 16.5. The second kappa shape index (κ2) is 5.56. The van der Waals surface area contributed by atoms with Crippen molar-refractivity contribution in [3.8, 4) is 0 Å². The van der Waals surface area contributed by atoms with E-state index in [4.69, 9.17) is 0 Å². The van der Waals surface area contributed by atoms with Crippen LogP contribution in [-0.2, 0) is 9.53 Å². The molecule has 1 unspecified atom stereocenters. The fraction of sp³-hybridized carbons (Fsp3) is 0.286. The van der Waals surface area contributed by atoms with Crippen LogP contribution in [-0.4, -0.2) is 30.0 Å². The largest absolute Gasteiger partial charge is 0.467 e. The molecule has 1 aromatic heterocycles. The topological polar surface area (TPSA) is 71.2 Å². The van der Waals surface area contributed by atoms with Gasteiger partial charge in [0, 0.05) is 22.7 Å². The third-order valence-electron chi connectivity index (χ3n) is 3.01. The van der Waals surface area contributed by atoms with E-state index in [0.29, 0.717) is 12.0 Å². The number of aromatic nitrogens is 1. The van der Waals surface area contributed by atoms with Crippen molar-refractivity contribution in [1.29, 1.82) is 0 Å². The molecule has 5 heteroatoms. The lowest BCUT2D eigenvalue weighted by atomic mass is 10.1. The predicted octanol–water partition coefficient (Wildman–Crippen LogP) is 1.85. The molecule has 0 fully saturated rings. The minimum absolute atomic E-state index is 0.277. The van der Waals surface area contributed by atoms with Crippen molar-refractivity contribution in [3.63, 3.8) is 0 Å². The number of hydrogen-bond acceptors (Lipinski definition) is 3. The molecule has 1 atom stereocenters. The monoisotopic (exact) mass is 260 g/mol. The molecule has 0 aliphatic heterocycles. The lowest BCUT2D eigenvalue weighted by molar-refractivity contribution is -0.142. The van der Waals surface area contributed by atoms with E-state index in [2.05, 4.69) is 15.0 Å². The smallest absolute Gasteiger partial charge is 0.328 e. The number of carbonyl (C=O) groups is 2. The number of H-pyrrole nitrogens is 1. The number of amides is 1. The molecule has 1 aromatic carbocycles. The summed E-state index contributed by atoms with van der Waals surface area (Å²) in [5.41, 5.74) is 1.49. The van der Waals surface area contributed by atoms with Crippen LogP contribution in [0.15, 0.2) is 30.5 Å². The Morgan fingerprint density at radius 2 is 2.16 bits per heavy atom. The minimum atomic E-state index is -0.612. The zero-order chi connectivity index (χ0) is 13.8. The molecule has 0 radical (unpaired) electrons. The van der Waals surface area contributed by atoms with E-state index in [1.165, 1.54) is 7.11 Å². The minimum Gasteiger partial charge on any atom is -0.467 e. The lowest BCUT2D eigenvalue weighted by Crippen LogP contribution is -2.41. The van der Waals surface area contributed by atoms with Crippen LogP contribution in [0.4, 0.5) is 0 Å². The van der Waals surface area contributed by atoms with Gasteiger partial charge in [-0.25, -0.2) is 4.79 Å². The average Bonchev–Trinajstić information content (AvgIpc) is 2.90. The maximum Gasteiger partial charge on any atom is 0.328 e. The van der Waals surface area contributed by atoms with E-state index in [1.807, 2.05) is 25.3 Å². The van der Waals surface area contributed by atoms with Gasteiger partial charge in [0.1, 0.15) is 6.04 Å². The number of aromatic amines is 1. The van der Waals surface area contributed by atoms with Crippen LogP contribution >= 0.6 is 0 Å². The summed E-state index contributed by atoms with van der Waals surface area (Å²) in [6, 6.07) is 6.62. The van der Waals surface area contributed by atoms with E-state index in [0.717, 1.165) is 10.9 Å². The van der Waals surface area contributed by atoms with Crippen molar-refractivity contribution in [2.45, 2.75) is 19.4 Å². The van der Waals surface area contributed by atoms with Gasteiger partial charge in [-0.3, -0.25) is 4.79 Å². The highest BCUT2D eigenvalue weighted by Gasteiger charge is 2.20. The normalized spacial score (nSPS) is 12.1. The van der Waals surface area contributed by atoms with Gasteiger partial charge in [-0.15, -0.1) is 0 Å². The van der Waals surface area contributed by atoms with E-state index < -0.39 is 12.0 Å². The maximum absolute atomic E-state index is 12.1. The molecule has 0 aliphatic rings. The van der Waals surface area contributed by atoms with Crippen LogP contribution in [0.25, 0.3) is 10.9 Å². The first-order chi connectivity index (χ1) is 9.15. The Labute approximate surface area is 110 Å². The van der Waals surface area contributed by atoms with Gasteiger partial charge in [0.05, 0.1) is 7.11 Å². The fourth-order valence-electron chi connectivity index (χ4n) is 1.91. The molecular formula is C14H16N2O3. The van der Waals surface area contributed by atoms with Gasteiger partial charge in [-0.05, 0) is 30.7 Å². The first kappa shape index (κ1) is 13.1. The van der Waals surface area contributed by atoms with Crippen LogP contribution < -0.4 is 5.32 Å². The zero-order valence-corrected chi connectivity index (χ0v) is 10.9. The second-order valence-corrected chi connectivity index (χ2v) is 4.24. The van der Waals surface area contributed by atoms with Gasteiger partial charge in [0.2, 0.25) is 0 Å². The molecule has 0 bridgehead atoms. The third kappa shape index (κ3) is 2.76. The summed E-state index contributed by atoms with van der Waals surface area (Å²) < 4.78 is 4.64. The number of rotatable bonds is 4. The number of methoxy groups -OCH3 is 1. The summed E-state index contributed by atoms with van der Waals surface area (Å²) in [5, 5.41) is 3.62. The van der Waals surface area contributed by atoms with Gasteiger partial charge < -0.3 is 15.0 Å². The Morgan fingerprint density at radius 3 is 2.84 bits per heavy atom. The van der Waals surface area contributed by atoms with Crippen molar-refractivity contribution >= 4 is 22.8 Å². The average molecular weight is 260 g/mol. The predicted molar refractivity (Wildman–Crippen MR) is 71.9 cm³/mol. The standard InChI is InChI=1S/C14H16N2O3/c1-3-11(14(18)19-2)16-13(17)10-4-5-12-9(8-10)6-7-15-12/h4-8,11,15H,3H2,1-2H3,(H,16,17). The number of fused-ring (bicyclic) bond motifs is 1.